The minimum atomic E-state index is -0.302. The van der Waals surface area contributed by atoms with E-state index in [1.165, 1.54) is 12.8 Å². The summed E-state index contributed by atoms with van der Waals surface area (Å²) in [5, 5.41) is 5.48. The van der Waals surface area contributed by atoms with E-state index < -0.39 is 0 Å². The zero-order valence-corrected chi connectivity index (χ0v) is 15.8. The quantitative estimate of drug-likeness (QED) is 0.537. The van der Waals surface area contributed by atoms with E-state index in [4.69, 9.17) is 4.74 Å². The summed E-state index contributed by atoms with van der Waals surface area (Å²) in [6.45, 7) is 2.17. The van der Waals surface area contributed by atoms with E-state index >= 15 is 0 Å². The molecule has 0 spiro atoms. The molecule has 6 heteroatoms. The van der Waals surface area contributed by atoms with Crippen molar-refractivity contribution in [1.29, 1.82) is 0 Å². The molecule has 3 aromatic rings. The van der Waals surface area contributed by atoms with Crippen LogP contribution in [0.15, 0.2) is 36.0 Å². The predicted molar refractivity (Wildman–Crippen MR) is 107 cm³/mol. The van der Waals surface area contributed by atoms with Gasteiger partial charge in [-0.1, -0.05) is 24.0 Å². The van der Waals surface area contributed by atoms with E-state index in [0.29, 0.717) is 24.6 Å². The molecule has 0 amide bonds. The number of carbonyl (C=O) groups excluding carboxylic acids is 1. The summed E-state index contributed by atoms with van der Waals surface area (Å²) in [5.41, 5.74) is 3.35. The van der Waals surface area contributed by atoms with Crippen LogP contribution in [-0.4, -0.2) is 28.6 Å². The van der Waals surface area contributed by atoms with Gasteiger partial charge in [-0.3, -0.25) is 0 Å². The third kappa shape index (κ3) is 4.09. The number of aromatic nitrogens is 2. The summed E-state index contributed by atoms with van der Waals surface area (Å²) >= 11 is 1.62. The first-order valence-electron chi connectivity index (χ1n) is 8.98. The van der Waals surface area contributed by atoms with Gasteiger partial charge >= 0.3 is 5.97 Å². The Morgan fingerprint density at radius 2 is 2.26 bits per heavy atom. The fourth-order valence-corrected chi connectivity index (χ4v) is 3.63. The Hall–Kier alpha value is -2.91. The van der Waals surface area contributed by atoms with Crippen molar-refractivity contribution in [3.8, 4) is 11.8 Å². The molecule has 136 valence electrons. The second kappa shape index (κ2) is 7.77. The minimum Gasteiger partial charge on any atom is -0.462 e. The topological polar surface area (TPSA) is 64.1 Å². The van der Waals surface area contributed by atoms with Gasteiger partial charge in [0.05, 0.1) is 22.4 Å². The number of ether oxygens (including phenoxy) is 1. The number of thiophene rings is 1. The Bertz CT molecular complexity index is 1040. The number of hydrogen-bond acceptors (Lipinski definition) is 6. The molecular weight excluding hydrogens is 358 g/mol. The summed E-state index contributed by atoms with van der Waals surface area (Å²) in [5.74, 6) is 7.01. The average Bonchev–Trinajstić information content (AvgIpc) is 3.40. The zero-order valence-electron chi connectivity index (χ0n) is 15.0. The summed E-state index contributed by atoms with van der Waals surface area (Å²) in [7, 11) is 0. The van der Waals surface area contributed by atoms with Crippen molar-refractivity contribution in [2.45, 2.75) is 32.2 Å². The van der Waals surface area contributed by atoms with E-state index in [0.717, 1.165) is 27.2 Å². The molecule has 5 nitrogen and oxygen atoms in total. The van der Waals surface area contributed by atoms with Gasteiger partial charge in [0, 0.05) is 17.8 Å². The monoisotopic (exact) mass is 377 g/mol. The lowest BCUT2D eigenvalue weighted by Crippen LogP contribution is -2.04. The van der Waals surface area contributed by atoms with E-state index in [2.05, 4.69) is 27.1 Å². The Kier molecular flexibility index (Phi) is 5.03. The highest BCUT2D eigenvalue weighted by Crippen LogP contribution is 2.32. The zero-order chi connectivity index (χ0) is 18.6. The number of nitrogens with zero attached hydrogens (tertiary/aromatic N) is 2. The van der Waals surface area contributed by atoms with Crippen LogP contribution >= 0.6 is 11.3 Å². The summed E-state index contributed by atoms with van der Waals surface area (Å²) in [6.07, 6.45) is 4.55. The van der Waals surface area contributed by atoms with Crippen LogP contribution < -0.4 is 5.32 Å². The van der Waals surface area contributed by atoms with Gasteiger partial charge in [-0.15, -0.1) is 11.3 Å². The maximum atomic E-state index is 11.8. The first-order chi connectivity index (χ1) is 13.2. The molecule has 0 unspecified atom stereocenters. The molecule has 4 rings (SSSR count). The second-order valence-electron chi connectivity index (χ2n) is 6.37. The number of fused-ring (bicyclic) bond motifs is 1. The Balaban J connectivity index is 1.51. The third-order valence-electron chi connectivity index (χ3n) is 4.23. The molecule has 1 N–H and O–H groups in total. The van der Waals surface area contributed by atoms with Gasteiger partial charge in [-0.2, -0.15) is 0 Å². The molecule has 1 aliphatic carbocycles. The molecule has 2 heterocycles. The van der Waals surface area contributed by atoms with Gasteiger partial charge in [0.1, 0.15) is 17.7 Å². The lowest BCUT2D eigenvalue weighted by atomic mass is 10.1. The van der Waals surface area contributed by atoms with Crippen molar-refractivity contribution >= 4 is 33.3 Å². The van der Waals surface area contributed by atoms with Gasteiger partial charge in [0.15, 0.2) is 0 Å². The number of anilines is 1. The Labute approximate surface area is 161 Å². The van der Waals surface area contributed by atoms with Crippen LogP contribution in [0.25, 0.3) is 10.2 Å². The largest absolute Gasteiger partial charge is 0.462 e. The van der Waals surface area contributed by atoms with Crippen molar-refractivity contribution in [3.63, 3.8) is 0 Å². The van der Waals surface area contributed by atoms with Crippen molar-refractivity contribution in [1.82, 2.24) is 9.97 Å². The minimum absolute atomic E-state index is 0.302. The van der Waals surface area contributed by atoms with Crippen LogP contribution in [0.4, 0.5) is 5.82 Å². The van der Waals surface area contributed by atoms with Crippen LogP contribution in [0.5, 0.6) is 0 Å². The van der Waals surface area contributed by atoms with E-state index in [9.17, 15) is 4.79 Å². The first-order valence-corrected chi connectivity index (χ1v) is 9.86. The molecule has 2 aromatic heterocycles. The molecule has 1 aliphatic rings. The highest BCUT2D eigenvalue weighted by atomic mass is 32.1. The summed E-state index contributed by atoms with van der Waals surface area (Å²) in [6, 6.07) is 7.95. The average molecular weight is 377 g/mol. The number of nitrogens with one attached hydrogen (secondary N) is 1. The van der Waals surface area contributed by atoms with Crippen LogP contribution in [0.1, 0.15) is 41.3 Å². The van der Waals surface area contributed by atoms with Crippen molar-refractivity contribution in [2.24, 2.45) is 0 Å². The number of benzene rings is 1. The first kappa shape index (κ1) is 17.5. The van der Waals surface area contributed by atoms with Gasteiger partial charge in [0.25, 0.3) is 0 Å². The van der Waals surface area contributed by atoms with E-state index in [1.54, 1.807) is 30.7 Å². The summed E-state index contributed by atoms with van der Waals surface area (Å²) in [4.78, 5) is 20.6. The normalized spacial score (nSPS) is 13.1. The van der Waals surface area contributed by atoms with E-state index in [-0.39, 0.29) is 5.97 Å². The van der Waals surface area contributed by atoms with Crippen molar-refractivity contribution < 1.29 is 9.53 Å². The lowest BCUT2D eigenvalue weighted by Gasteiger charge is -2.03. The fraction of sp³-hybridized carbons (Fsp3) is 0.286. The van der Waals surface area contributed by atoms with Gasteiger partial charge in [-0.05, 0) is 37.5 Å². The molecule has 27 heavy (non-hydrogen) atoms. The molecule has 1 fully saturated rings. The van der Waals surface area contributed by atoms with Crippen LogP contribution in [-0.2, 0) is 11.2 Å². The lowest BCUT2D eigenvalue weighted by molar-refractivity contribution is 0.0526. The maximum Gasteiger partial charge on any atom is 0.338 e. The van der Waals surface area contributed by atoms with Crippen LogP contribution in [0.3, 0.4) is 0 Å². The fourth-order valence-electron chi connectivity index (χ4n) is 2.73. The maximum absolute atomic E-state index is 11.8. The number of carbonyl (C=O) groups is 1. The number of esters is 1. The predicted octanol–water partition coefficient (Wildman–Crippen LogP) is 4.04. The van der Waals surface area contributed by atoms with Crippen molar-refractivity contribution in [3.05, 3.63) is 52.7 Å². The molecule has 1 aromatic carbocycles. The van der Waals surface area contributed by atoms with Gasteiger partial charge < -0.3 is 10.1 Å². The molecule has 0 radical (unpaired) electrons. The van der Waals surface area contributed by atoms with Crippen LogP contribution in [0, 0.1) is 11.8 Å². The highest BCUT2D eigenvalue weighted by Gasteiger charge is 2.22. The molecule has 0 bridgehead atoms. The standard InChI is InChI=1S/C21H19N3O2S/c1-2-26-21(25)15-7-3-5-14(11-15)6-4-8-16-12-27-19-18(16)22-13-23-20(19)24-17-9-10-17/h3,5,7,11-13,17H,2,6,9-10H2,1H3,(H,22,23,24). The molecular formula is C21H19N3O2S. The molecule has 0 atom stereocenters. The smallest absolute Gasteiger partial charge is 0.338 e. The molecule has 0 saturated heterocycles. The molecule has 1 saturated carbocycles. The SMILES string of the molecule is CCOC(=O)c1cccc(CC#Cc2csc3c(NC4CC4)ncnc23)c1. The van der Waals surface area contributed by atoms with Crippen LogP contribution in [0.2, 0.25) is 0 Å². The summed E-state index contributed by atoms with van der Waals surface area (Å²) < 4.78 is 6.10. The Morgan fingerprint density at radius 1 is 1.37 bits per heavy atom. The van der Waals surface area contributed by atoms with E-state index in [1.807, 2.05) is 23.6 Å². The highest BCUT2D eigenvalue weighted by molar-refractivity contribution is 7.18. The van der Waals surface area contributed by atoms with Gasteiger partial charge in [0.2, 0.25) is 0 Å². The molecule has 0 aliphatic heterocycles. The number of rotatable bonds is 5. The number of hydrogen-bond donors (Lipinski definition) is 1. The van der Waals surface area contributed by atoms with Crippen molar-refractivity contribution in [2.75, 3.05) is 11.9 Å². The Morgan fingerprint density at radius 3 is 3.07 bits per heavy atom. The second-order valence-corrected chi connectivity index (χ2v) is 7.25. The third-order valence-corrected chi connectivity index (χ3v) is 5.20. The van der Waals surface area contributed by atoms with Gasteiger partial charge in [-0.25, -0.2) is 14.8 Å².